The summed E-state index contributed by atoms with van der Waals surface area (Å²) in [6, 6.07) is 0.921. The van der Waals surface area contributed by atoms with E-state index < -0.39 is 101 Å². The van der Waals surface area contributed by atoms with Crippen molar-refractivity contribution in [2.75, 3.05) is 13.2 Å². The zero-order valence-corrected chi connectivity index (χ0v) is 20.6. The topological polar surface area (TPSA) is 314 Å². The molecule has 0 saturated carbocycles. The number of carboxylic acid groups (broad SMARTS) is 1. The van der Waals surface area contributed by atoms with E-state index in [4.69, 9.17) is 14.6 Å². The fraction of sp³-hybridized carbons (Fsp3) is 0.688. The fourth-order valence-electron chi connectivity index (χ4n) is 3.53. The minimum absolute atomic E-state index is 0.715. The SMILES string of the molecule is O=C(O)[C@H]1OC(COP(=O)(O)OP(=O)(O)OC[C@H]2O[C@@H](n3ccc(=O)[nH]c3=O)[C@H](O)[C@@H]2O)[C@H](O)[C@@H](O)[C@H]1O. The maximum atomic E-state index is 12.1. The van der Waals surface area contributed by atoms with Crippen molar-refractivity contribution in [3.05, 3.63) is 33.1 Å². The highest BCUT2D eigenvalue weighted by Crippen LogP contribution is 2.60. The Bertz CT molecular complexity index is 1220. The van der Waals surface area contributed by atoms with Gasteiger partial charge in [-0.25, -0.2) is 18.7 Å². The second-order valence-electron chi connectivity index (χ2n) is 8.08. The van der Waals surface area contributed by atoms with Crippen molar-refractivity contribution in [3.63, 3.8) is 0 Å². The van der Waals surface area contributed by atoms with Gasteiger partial charge in [0.15, 0.2) is 12.3 Å². The lowest BCUT2D eigenvalue weighted by atomic mass is 9.95. The van der Waals surface area contributed by atoms with E-state index in [2.05, 4.69) is 13.4 Å². The number of hydrogen-bond donors (Lipinski definition) is 9. The Morgan fingerprint density at radius 1 is 0.895 bits per heavy atom. The first-order chi connectivity index (χ1) is 17.5. The molecular weight excluding hydrogens is 570 g/mol. The largest absolute Gasteiger partial charge is 0.481 e. The van der Waals surface area contributed by atoms with Crippen molar-refractivity contribution in [3.8, 4) is 0 Å². The van der Waals surface area contributed by atoms with Crippen LogP contribution in [-0.2, 0) is 36.8 Å². The van der Waals surface area contributed by atoms with Crippen LogP contribution in [0.25, 0.3) is 0 Å². The van der Waals surface area contributed by atoms with E-state index in [9.17, 15) is 58.8 Å². The quantitative estimate of drug-likeness (QED) is 0.115. The van der Waals surface area contributed by atoms with E-state index in [1.807, 2.05) is 4.98 Å². The van der Waals surface area contributed by atoms with Crippen molar-refractivity contribution in [2.45, 2.75) is 55.1 Å². The van der Waals surface area contributed by atoms with Crippen LogP contribution in [0.15, 0.2) is 21.9 Å². The number of phosphoric ester groups is 2. The third-order valence-electron chi connectivity index (χ3n) is 5.43. The molecule has 0 amide bonds. The van der Waals surface area contributed by atoms with Crippen LogP contribution in [-0.4, -0.2) is 118 Å². The van der Waals surface area contributed by atoms with Gasteiger partial charge in [-0.1, -0.05) is 0 Å². The third-order valence-corrected chi connectivity index (χ3v) is 8.03. The number of carboxylic acids is 1. The molecule has 20 nitrogen and oxygen atoms in total. The predicted molar refractivity (Wildman–Crippen MR) is 114 cm³/mol. The first kappa shape index (κ1) is 30.7. The molecule has 2 fully saturated rings. The number of aliphatic hydroxyl groups excluding tert-OH is 5. The molecule has 11 atom stereocenters. The Morgan fingerprint density at radius 2 is 1.42 bits per heavy atom. The number of phosphoric acid groups is 2. The molecule has 2 aliphatic rings. The van der Waals surface area contributed by atoms with Gasteiger partial charge in [-0.2, -0.15) is 4.31 Å². The average Bonchev–Trinajstić information content (AvgIpc) is 3.08. The summed E-state index contributed by atoms with van der Waals surface area (Å²) >= 11 is 0. The number of hydrogen-bond acceptors (Lipinski definition) is 15. The minimum atomic E-state index is -5.50. The first-order valence-electron chi connectivity index (χ1n) is 10.4. The van der Waals surface area contributed by atoms with Crippen LogP contribution in [0.3, 0.4) is 0 Å². The lowest BCUT2D eigenvalue weighted by Crippen LogP contribution is -2.60. The van der Waals surface area contributed by atoms with E-state index in [1.165, 1.54) is 0 Å². The summed E-state index contributed by atoms with van der Waals surface area (Å²) in [5.74, 6) is -1.74. The first-order valence-corrected chi connectivity index (χ1v) is 13.4. The van der Waals surface area contributed by atoms with Gasteiger partial charge in [-0.15, -0.1) is 0 Å². The van der Waals surface area contributed by atoms with E-state index in [0.717, 1.165) is 12.3 Å². The minimum Gasteiger partial charge on any atom is -0.479 e. The van der Waals surface area contributed by atoms with Gasteiger partial charge in [0.1, 0.15) is 42.7 Å². The van der Waals surface area contributed by atoms with Crippen molar-refractivity contribution >= 4 is 21.6 Å². The molecule has 2 saturated heterocycles. The van der Waals surface area contributed by atoms with E-state index in [-0.39, 0.29) is 0 Å². The second kappa shape index (κ2) is 11.7. The average molecular weight is 594 g/mol. The van der Waals surface area contributed by atoms with Gasteiger partial charge in [0, 0.05) is 12.3 Å². The van der Waals surface area contributed by atoms with E-state index in [1.54, 1.807) is 0 Å². The van der Waals surface area contributed by atoms with Crippen LogP contribution in [0.5, 0.6) is 0 Å². The molecule has 1 aromatic heterocycles. The van der Waals surface area contributed by atoms with Crippen LogP contribution in [0.4, 0.5) is 0 Å². The Morgan fingerprint density at radius 3 is 1.95 bits per heavy atom. The number of aliphatic carboxylic acids is 1. The summed E-state index contributed by atoms with van der Waals surface area (Å²) in [6.07, 6.45) is -15.7. The molecule has 216 valence electrons. The standard InChI is InChI=1S/C16H24N2O18P2/c19-7-1-2-18(16(27)17-7)14-12(24)9(21)6(35-14)4-33-38(30,31)36-37(28,29)32-3-5-8(20)10(22)11(23)13(34-5)15(25)26/h1-2,5-6,8-14,20-24H,3-4H2,(H,25,26)(H,28,29)(H,30,31)(H,17,19,27)/t5?,6-,8+,9-,10-,11-,12-,13+,14-/m1/s1. The van der Waals surface area contributed by atoms with Crippen LogP contribution in [0, 0.1) is 0 Å². The van der Waals surface area contributed by atoms with Gasteiger partial charge < -0.3 is 49.9 Å². The number of ether oxygens (including phenoxy) is 2. The smallest absolute Gasteiger partial charge is 0.479 e. The maximum Gasteiger partial charge on any atom is 0.481 e. The molecule has 3 rings (SSSR count). The molecule has 3 unspecified atom stereocenters. The molecule has 9 N–H and O–H groups in total. The molecule has 0 aliphatic carbocycles. The summed E-state index contributed by atoms with van der Waals surface area (Å²) in [7, 11) is -11.0. The van der Waals surface area contributed by atoms with Crippen LogP contribution in [0.2, 0.25) is 0 Å². The highest BCUT2D eigenvalue weighted by atomic mass is 31.3. The van der Waals surface area contributed by atoms with Crippen LogP contribution >= 0.6 is 15.6 Å². The molecule has 0 bridgehead atoms. The molecule has 38 heavy (non-hydrogen) atoms. The number of aliphatic hydroxyl groups is 5. The summed E-state index contributed by atoms with van der Waals surface area (Å²) in [5, 5.41) is 58.5. The number of H-pyrrole nitrogens is 1. The van der Waals surface area contributed by atoms with Crippen molar-refractivity contribution in [1.82, 2.24) is 9.55 Å². The molecule has 22 heteroatoms. The summed E-state index contributed by atoms with van der Waals surface area (Å²) in [5.41, 5.74) is -1.76. The Kier molecular flexibility index (Phi) is 9.45. The highest BCUT2D eigenvalue weighted by Gasteiger charge is 2.49. The Hall–Kier alpha value is -1.87. The molecule has 1 aromatic rings. The maximum absolute atomic E-state index is 12.1. The van der Waals surface area contributed by atoms with Crippen molar-refractivity contribution < 1.29 is 77.2 Å². The van der Waals surface area contributed by atoms with E-state index >= 15 is 0 Å². The summed E-state index contributed by atoms with van der Waals surface area (Å²) in [4.78, 5) is 55.6. The lowest BCUT2D eigenvalue weighted by molar-refractivity contribution is -0.232. The summed E-state index contributed by atoms with van der Waals surface area (Å²) in [6.45, 7) is -2.19. The normalized spacial score (nSPS) is 36.9. The third kappa shape index (κ3) is 7.00. The number of aromatic amines is 1. The fourth-order valence-corrected chi connectivity index (χ4v) is 5.62. The van der Waals surface area contributed by atoms with Gasteiger partial charge in [-0.3, -0.25) is 23.4 Å². The zero-order chi connectivity index (χ0) is 28.6. The Labute approximate surface area is 210 Å². The van der Waals surface area contributed by atoms with Gasteiger partial charge in [0.25, 0.3) is 5.56 Å². The van der Waals surface area contributed by atoms with Crippen LogP contribution in [0.1, 0.15) is 6.23 Å². The molecule has 0 aromatic carbocycles. The monoisotopic (exact) mass is 594 g/mol. The lowest BCUT2D eigenvalue weighted by Gasteiger charge is -2.38. The van der Waals surface area contributed by atoms with Crippen molar-refractivity contribution in [2.24, 2.45) is 0 Å². The van der Waals surface area contributed by atoms with Gasteiger partial charge >= 0.3 is 27.3 Å². The Balaban J connectivity index is 1.57. The molecule has 3 heterocycles. The van der Waals surface area contributed by atoms with Crippen molar-refractivity contribution in [1.29, 1.82) is 0 Å². The van der Waals surface area contributed by atoms with Crippen LogP contribution < -0.4 is 11.2 Å². The second-order valence-corrected chi connectivity index (χ2v) is 11.1. The number of nitrogens with one attached hydrogen (secondary N) is 1. The zero-order valence-electron chi connectivity index (χ0n) is 18.8. The number of aromatic nitrogens is 2. The van der Waals surface area contributed by atoms with Gasteiger partial charge in [0.05, 0.1) is 13.2 Å². The van der Waals surface area contributed by atoms with Gasteiger partial charge in [-0.05, 0) is 0 Å². The molecule has 2 aliphatic heterocycles. The summed E-state index contributed by atoms with van der Waals surface area (Å²) < 4.78 is 48.0. The number of nitrogens with zero attached hydrogens (tertiary/aromatic N) is 1. The van der Waals surface area contributed by atoms with E-state index in [0.29, 0.717) is 4.57 Å². The molecule has 0 spiro atoms. The molecule has 0 radical (unpaired) electrons. The highest BCUT2D eigenvalue weighted by molar-refractivity contribution is 7.61. The molecular formula is C16H24N2O18P2. The number of carbonyl (C=O) groups is 1. The number of rotatable bonds is 10. The van der Waals surface area contributed by atoms with Gasteiger partial charge in [0.2, 0.25) is 0 Å². The predicted octanol–water partition coefficient (Wildman–Crippen LogP) is -4.66.